The summed E-state index contributed by atoms with van der Waals surface area (Å²) in [6.07, 6.45) is 1.31. The van der Waals surface area contributed by atoms with Crippen molar-refractivity contribution in [3.63, 3.8) is 0 Å². The van der Waals surface area contributed by atoms with Gasteiger partial charge in [0.15, 0.2) is 11.7 Å². The Morgan fingerprint density at radius 1 is 1.16 bits per heavy atom. The Labute approximate surface area is 180 Å². The lowest BCUT2D eigenvalue weighted by atomic mass is 9.96. The van der Waals surface area contributed by atoms with Crippen LogP contribution in [0.25, 0.3) is 0 Å². The lowest BCUT2D eigenvalue weighted by Gasteiger charge is -2.39. The average Bonchev–Trinajstić information content (AvgIpc) is 3.21. The van der Waals surface area contributed by atoms with Gasteiger partial charge in [-0.25, -0.2) is 0 Å². The lowest BCUT2D eigenvalue weighted by molar-refractivity contribution is -0.142. The SMILES string of the molecule is CN=C(NCc1cn(C)nc1C(F)(F)F)NC1CC2CCC(C1)N2Cc1ccccc1. The molecule has 0 saturated carbocycles. The van der Waals surface area contributed by atoms with Crippen LogP contribution in [0, 0.1) is 0 Å². The van der Waals surface area contributed by atoms with Gasteiger partial charge in [0.1, 0.15) is 0 Å². The monoisotopic (exact) mass is 434 g/mol. The molecule has 168 valence electrons. The van der Waals surface area contributed by atoms with Crippen molar-refractivity contribution >= 4 is 5.96 Å². The molecule has 0 radical (unpaired) electrons. The summed E-state index contributed by atoms with van der Waals surface area (Å²) in [6, 6.07) is 11.8. The number of aryl methyl sites for hydroxylation is 1. The largest absolute Gasteiger partial charge is 0.435 e. The number of alkyl halides is 3. The molecule has 2 aliphatic heterocycles. The first kappa shape index (κ1) is 21.7. The topological polar surface area (TPSA) is 57.5 Å². The third kappa shape index (κ3) is 5.03. The molecular formula is C22H29F3N6. The molecule has 2 bridgehead atoms. The number of fused-ring (bicyclic) bond motifs is 2. The normalized spacial score (nSPS) is 24.4. The van der Waals surface area contributed by atoms with Crippen LogP contribution in [-0.2, 0) is 26.3 Å². The molecule has 0 spiro atoms. The van der Waals surface area contributed by atoms with Crippen molar-refractivity contribution in [3.8, 4) is 0 Å². The van der Waals surface area contributed by atoms with Gasteiger partial charge in [-0.05, 0) is 31.2 Å². The first-order valence-electron chi connectivity index (χ1n) is 10.7. The summed E-state index contributed by atoms with van der Waals surface area (Å²) >= 11 is 0. The summed E-state index contributed by atoms with van der Waals surface area (Å²) in [5, 5.41) is 10.0. The smallest absolute Gasteiger partial charge is 0.354 e. The predicted molar refractivity (Wildman–Crippen MR) is 113 cm³/mol. The molecule has 31 heavy (non-hydrogen) atoms. The summed E-state index contributed by atoms with van der Waals surface area (Å²) in [5.41, 5.74) is 0.584. The van der Waals surface area contributed by atoms with Crippen LogP contribution in [0.2, 0.25) is 0 Å². The molecule has 1 aromatic carbocycles. The number of hydrogen-bond donors (Lipinski definition) is 2. The fraction of sp³-hybridized carbons (Fsp3) is 0.545. The van der Waals surface area contributed by atoms with Crippen molar-refractivity contribution in [1.29, 1.82) is 0 Å². The van der Waals surface area contributed by atoms with Gasteiger partial charge in [0.05, 0.1) is 0 Å². The van der Waals surface area contributed by atoms with Crippen LogP contribution in [0.5, 0.6) is 0 Å². The van der Waals surface area contributed by atoms with E-state index >= 15 is 0 Å². The van der Waals surface area contributed by atoms with Crippen molar-refractivity contribution in [2.24, 2.45) is 12.0 Å². The number of aromatic nitrogens is 2. The number of nitrogens with zero attached hydrogens (tertiary/aromatic N) is 4. The average molecular weight is 435 g/mol. The van der Waals surface area contributed by atoms with Gasteiger partial charge in [0.2, 0.25) is 0 Å². The first-order valence-corrected chi connectivity index (χ1v) is 10.7. The van der Waals surface area contributed by atoms with Crippen LogP contribution in [0.1, 0.15) is 42.5 Å². The van der Waals surface area contributed by atoms with E-state index in [1.165, 1.54) is 36.3 Å². The van der Waals surface area contributed by atoms with Crippen LogP contribution in [0.3, 0.4) is 0 Å². The van der Waals surface area contributed by atoms with E-state index in [1.807, 2.05) is 6.07 Å². The third-order valence-corrected chi connectivity index (χ3v) is 6.28. The molecule has 2 unspecified atom stereocenters. The maximum Gasteiger partial charge on any atom is 0.435 e. The number of aliphatic imine (C=N–C) groups is 1. The fourth-order valence-electron chi connectivity index (χ4n) is 4.92. The van der Waals surface area contributed by atoms with Gasteiger partial charge in [0, 0.05) is 57.1 Å². The summed E-state index contributed by atoms with van der Waals surface area (Å²) < 4.78 is 40.7. The second-order valence-electron chi connectivity index (χ2n) is 8.46. The molecule has 2 N–H and O–H groups in total. The molecule has 2 saturated heterocycles. The zero-order valence-electron chi connectivity index (χ0n) is 17.9. The van der Waals surface area contributed by atoms with E-state index in [0.717, 1.165) is 19.4 Å². The summed E-state index contributed by atoms with van der Waals surface area (Å²) in [4.78, 5) is 6.83. The van der Waals surface area contributed by atoms with Crippen molar-refractivity contribution in [3.05, 3.63) is 53.3 Å². The Morgan fingerprint density at radius 3 is 2.45 bits per heavy atom. The third-order valence-electron chi connectivity index (χ3n) is 6.28. The highest BCUT2D eigenvalue weighted by Gasteiger charge is 2.41. The Kier molecular flexibility index (Phi) is 6.22. The van der Waals surface area contributed by atoms with Gasteiger partial charge in [-0.2, -0.15) is 18.3 Å². The minimum atomic E-state index is -4.47. The highest BCUT2D eigenvalue weighted by atomic mass is 19.4. The lowest BCUT2D eigenvalue weighted by Crippen LogP contribution is -2.52. The number of piperidine rings is 1. The maximum atomic E-state index is 13.2. The van der Waals surface area contributed by atoms with Crippen LogP contribution < -0.4 is 10.6 Å². The van der Waals surface area contributed by atoms with Crippen molar-refractivity contribution in [1.82, 2.24) is 25.3 Å². The second-order valence-corrected chi connectivity index (χ2v) is 8.46. The molecule has 9 heteroatoms. The molecule has 0 aliphatic carbocycles. The number of hydrogen-bond acceptors (Lipinski definition) is 3. The van der Waals surface area contributed by atoms with Crippen molar-refractivity contribution in [2.45, 2.75) is 63.1 Å². The molecule has 2 fully saturated rings. The number of guanidine groups is 1. The van der Waals surface area contributed by atoms with E-state index in [2.05, 4.69) is 49.9 Å². The molecule has 2 aromatic rings. The molecule has 2 aliphatic rings. The summed E-state index contributed by atoms with van der Waals surface area (Å²) in [5.74, 6) is 0.526. The molecular weight excluding hydrogens is 405 g/mol. The Balaban J connectivity index is 1.34. The highest BCUT2D eigenvalue weighted by molar-refractivity contribution is 5.80. The minimum Gasteiger partial charge on any atom is -0.354 e. The van der Waals surface area contributed by atoms with E-state index in [4.69, 9.17) is 0 Å². The molecule has 4 rings (SSSR count). The summed E-state index contributed by atoms with van der Waals surface area (Å²) in [6.45, 7) is 0.985. The molecule has 2 atom stereocenters. The van der Waals surface area contributed by atoms with Gasteiger partial charge in [-0.3, -0.25) is 14.6 Å². The standard InChI is InChI=1S/C22H29F3N6/c1-26-21(27-12-16-14-30(2)29-20(16)22(23,24)25)28-17-10-18-8-9-19(11-17)31(18)13-15-6-4-3-5-7-15/h3-7,14,17-19H,8-13H2,1-2H3,(H2,26,27,28). The minimum absolute atomic E-state index is 0.0159. The van der Waals surface area contributed by atoms with Crippen molar-refractivity contribution in [2.75, 3.05) is 7.05 Å². The molecule has 1 aromatic heterocycles. The Bertz CT molecular complexity index is 894. The molecule has 3 heterocycles. The van der Waals surface area contributed by atoms with E-state index < -0.39 is 11.9 Å². The van der Waals surface area contributed by atoms with Crippen LogP contribution in [0.4, 0.5) is 13.2 Å². The predicted octanol–water partition coefficient (Wildman–Crippen LogP) is 3.30. The van der Waals surface area contributed by atoms with Gasteiger partial charge >= 0.3 is 6.18 Å². The highest BCUT2D eigenvalue weighted by Crippen LogP contribution is 2.37. The zero-order valence-corrected chi connectivity index (χ0v) is 17.9. The van der Waals surface area contributed by atoms with E-state index in [-0.39, 0.29) is 18.2 Å². The van der Waals surface area contributed by atoms with E-state index in [9.17, 15) is 13.2 Å². The first-order chi connectivity index (χ1) is 14.8. The Hall–Kier alpha value is -2.55. The van der Waals surface area contributed by atoms with Gasteiger partial charge in [-0.15, -0.1) is 0 Å². The molecule has 6 nitrogen and oxygen atoms in total. The van der Waals surface area contributed by atoms with Crippen LogP contribution in [-0.4, -0.2) is 45.8 Å². The van der Waals surface area contributed by atoms with Gasteiger partial charge < -0.3 is 10.6 Å². The second kappa shape index (κ2) is 8.90. The van der Waals surface area contributed by atoms with Gasteiger partial charge in [0.25, 0.3) is 0 Å². The van der Waals surface area contributed by atoms with Crippen LogP contribution in [0.15, 0.2) is 41.5 Å². The number of rotatable bonds is 5. The Morgan fingerprint density at radius 2 is 1.84 bits per heavy atom. The number of halogens is 3. The zero-order chi connectivity index (χ0) is 22.0. The van der Waals surface area contributed by atoms with Gasteiger partial charge in [-0.1, -0.05) is 30.3 Å². The van der Waals surface area contributed by atoms with E-state index in [1.54, 1.807) is 7.05 Å². The van der Waals surface area contributed by atoms with Crippen molar-refractivity contribution < 1.29 is 13.2 Å². The fourth-order valence-corrected chi connectivity index (χ4v) is 4.92. The number of nitrogens with one attached hydrogen (secondary N) is 2. The quantitative estimate of drug-likeness (QED) is 0.560. The molecule has 0 amide bonds. The number of benzene rings is 1. The van der Waals surface area contributed by atoms with E-state index in [0.29, 0.717) is 18.0 Å². The maximum absolute atomic E-state index is 13.2. The van der Waals surface area contributed by atoms with Crippen LogP contribution >= 0.6 is 0 Å². The summed E-state index contributed by atoms with van der Waals surface area (Å²) in [7, 11) is 3.13.